The van der Waals surface area contributed by atoms with Crippen LogP contribution in [0.2, 0.25) is 0 Å². The molecule has 0 radical (unpaired) electrons. The average Bonchev–Trinajstić information content (AvgIpc) is 3.41. The molecule has 0 spiro atoms. The predicted molar refractivity (Wildman–Crippen MR) is 110 cm³/mol. The molecule has 7 nitrogen and oxygen atoms in total. The van der Waals surface area contributed by atoms with Crippen LogP contribution in [0.3, 0.4) is 0 Å². The Labute approximate surface area is 168 Å². The van der Waals surface area contributed by atoms with Crippen molar-refractivity contribution in [3.05, 3.63) is 71.9 Å². The molecule has 3 aromatic heterocycles. The van der Waals surface area contributed by atoms with Crippen molar-refractivity contribution in [1.29, 1.82) is 0 Å². The molecule has 146 valence electrons. The third-order valence-electron chi connectivity index (χ3n) is 5.59. The van der Waals surface area contributed by atoms with Crippen molar-refractivity contribution in [2.45, 2.75) is 25.7 Å². The van der Waals surface area contributed by atoms with E-state index in [9.17, 15) is 4.79 Å². The minimum Gasteiger partial charge on any atom is -0.338 e. The maximum absolute atomic E-state index is 13.2. The average molecular weight is 386 g/mol. The van der Waals surface area contributed by atoms with E-state index in [1.807, 2.05) is 42.4 Å². The molecule has 0 saturated carbocycles. The molecule has 5 rings (SSSR count). The van der Waals surface area contributed by atoms with E-state index in [1.54, 1.807) is 16.9 Å². The number of rotatable bonds is 3. The first kappa shape index (κ1) is 17.6. The summed E-state index contributed by atoms with van der Waals surface area (Å²) >= 11 is 0. The number of fused-ring (bicyclic) bond motifs is 1. The summed E-state index contributed by atoms with van der Waals surface area (Å²) in [6.45, 7) is 3.36. The minimum absolute atomic E-state index is 0.0122. The summed E-state index contributed by atoms with van der Waals surface area (Å²) in [5, 5.41) is 11.8. The minimum atomic E-state index is -0.0122. The number of hydrogen-bond acceptors (Lipinski definition) is 4. The van der Waals surface area contributed by atoms with E-state index in [4.69, 9.17) is 0 Å². The molecule has 1 aliphatic heterocycles. The van der Waals surface area contributed by atoms with Crippen molar-refractivity contribution in [2.75, 3.05) is 13.1 Å². The van der Waals surface area contributed by atoms with Crippen LogP contribution >= 0.6 is 0 Å². The first-order valence-corrected chi connectivity index (χ1v) is 9.88. The highest BCUT2D eigenvalue weighted by molar-refractivity contribution is 5.99. The van der Waals surface area contributed by atoms with Crippen LogP contribution in [-0.4, -0.2) is 48.7 Å². The van der Waals surface area contributed by atoms with Gasteiger partial charge in [0.25, 0.3) is 5.91 Å². The van der Waals surface area contributed by atoms with Crippen molar-refractivity contribution in [1.82, 2.24) is 29.7 Å². The van der Waals surface area contributed by atoms with E-state index in [0.29, 0.717) is 17.8 Å². The highest BCUT2D eigenvalue weighted by Gasteiger charge is 2.29. The standard InChI is InChI=1S/C22H22N6O/c1-15-10-23-21-19(12-25-28(21)13-15)22(29)27-9-5-8-17(14-27)20-18(11-24-26-20)16-6-3-2-4-7-16/h2-4,6-7,10-13,17H,5,8-9,14H2,1H3,(H,24,26)/t17-/m0/s1. The van der Waals surface area contributed by atoms with Crippen LogP contribution in [0.1, 0.15) is 40.4 Å². The van der Waals surface area contributed by atoms with Crippen LogP contribution in [0.25, 0.3) is 16.8 Å². The Bertz CT molecular complexity index is 1160. The Hall–Kier alpha value is -3.48. The summed E-state index contributed by atoms with van der Waals surface area (Å²) in [6.07, 6.45) is 9.13. The molecule has 1 atom stereocenters. The number of aromatic nitrogens is 5. The molecule has 0 aliphatic carbocycles. The maximum atomic E-state index is 13.2. The fraction of sp³-hybridized carbons (Fsp3) is 0.273. The number of amides is 1. The number of H-pyrrole nitrogens is 1. The molecule has 1 amide bonds. The molecule has 4 heterocycles. The van der Waals surface area contributed by atoms with Crippen molar-refractivity contribution >= 4 is 11.6 Å². The Morgan fingerprint density at radius 1 is 1.17 bits per heavy atom. The molecule has 0 bridgehead atoms. The fourth-order valence-corrected chi connectivity index (χ4v) is 4.14. The van der Waals surface area contributed by atoms with Gasteiger partial charge < -0.3 is 4.90 Å². The smallest absolute Gasteiger partial charge is 0.259 e. The molecular weight excluding hydrogens is 364 g/mol. The van der Waals surface area contributed by atoms with Gasteiger partial charge in [-0.25, -0.2) is 9.50 Å². The summed E-state index contributed by atoms with van der Waals surface area (Å²) in [6, 6.07) is 10.3. The number of carbonyl (C=O) groups excluding carboxylic acids is 1. The zero-order valence-electron chi connectivity index (χ0n) is 16.2. The summed E-state index contributed by atoms with van der Waals surface area (Å²) in [4.78, 5) is 19.6. The van der Waals surface area contributed by atoms with Crippen LogP contribution in [0, 0.1) is 6.92 Å². The number of carbonyl (C=O) groups is 1. The number of aryl methyl sites for hydroxylation is 1. The van der Waals surface area contributed by atoms with E-state index in [0.717, 1.165) is 41.8 Å². The number of hydrogen-bond donors (Lipinski definition) is 1. The van der Waals surface area contributed by atoms with Crippen LogP contribution in [0.5, 0.6) is 0 Å². The highest BCUT2D eigenvalue weighted by Crippen LogP contribution is 2.33. The number of nitrogens with zero attached hydrogens (tertiary/aromatic N) is 5. The van der Waals surface area contributed by atoms with E-state index in [1.165, 1.54) is 0 Å². The van der Waals surface area contributed by atoms with Gasteiger partial charge in [0.15, 0.2) is 5.65 Å². The Morgan fingerprint density at radius 3 is 2.90 bits per heavy atom. The van der Waals surface area contributed by atoms with Crippen LogP contribution in [0.4, 0.5) is 0 Å². The van der Waals surface area contributed by atoms with Gasteiger partial charge in [0, 0.05) is 42.7 Å². The third kappa shape index (κ3) is 3.18. The molecule has 1 aliphatic rings. The van der Waals surface area contributed by atoms with Crippen molar-refractivity contribution in [2.24, 2.45) is 0 Å². The van der Waals surface area contributed by atoms with Crippen LogP contribution in [-0.2, 0) is 0 Å². The number of likely N-dealkylation sites (tertiary alicyclic amines) is 1. The van der Waals surface area contributed by atoms with Crippen molar-refractivity contribution in [3.63, 3.8) is 0 Å². The molecule has 29 heavy (non-hydrogen) atoms. The zero-order valence-corrected chi connectivity index (χ0v) is 16.2. The Balaban J connectivity index is 1.41. The molecule has 1 saturated heterocycles. The largest absolute Gasteiger partial charge is 0.338 e. The van der Waals surface area contributed by atoms with Gasteiger partial charge in [0.2, 0.25) is 0 Å². The van der Waals surface area contributed by atoms with E-state index in [2.05, 4.69) is 32.4 Å². The Morgan fingerprint density at radius 2 is 2.03 bits per heavy atom. The number of nitrogens with one attached hydrogen (secondary N) is 1. The van der Waals surface area contributed by atoms with Crippen LogP contribution < -0.4 is 0 Å². The molecular formula is C22H22N6O. The van der Waals surface area contributed by atoms with E-state index in [-0.39, 0.29) is 11.8 Å². The Kier molecular flexibility index (Phi) is 4.35. The lowest BCUT2D eigenvalue weighted by atomic mass is 9.90. The SMILES string of the molecule is Cc1cnc2c(C(=O)N3CCC[C@H](c4[nH]ncc4-c4ccccc4)C3)cnn2c1. The molecule has 1 fully saturated rings. The molecule has 7 heteroatoms. The number of aromatic amines is 1. The zero-order chi connectivity index (χ0) is 19.8. The summed E-state index contributed by atoms with van der Waals surface area (Å²) in [5.74, 6) is 0.212. The van der Waals surface area contributed by atoms with Gasteiger partial charge in [-0.1, -0.05) is 30.3 Å². The third-order valence-corrected chi connectivity index (χ3v) is 5.59. The molecule has 4 aromatic rings. The van der Waals surface area contributed by atoms with Gasteiger partial charge in [-0.3, -0.25) is 9.89 Å². The monoisotopic (exact) mass is 386 g/mol. The van der Waals surface area contributed by atoms with Crippen LogP contribution in [0.15, 0.2) is 55.1 Å². The second-order valence-corrected chi connectivity index (χ2v) is 7.61. The topological polar surface area (TPSA) is 79.2 Å². The van der Waals surface area contributed by atoms with Gasteiger partial charge >= 0.3 is 0 Å². The van der Waals surface area contributed by atoms with E-state index < -0.39 is 0 Å². The summed E-state index contributed by atoms with van der Waals surface area (Å²) in [7, 11) is 0. The summed E-state index contributed by atoms with van der Waals surface area (Å²) in [5.41, 5.74) is 5.51. The number of piperidine rings is 1. The lowest BCUT2D eigenvalue weighted by Crippen LogP contribution is -2.39. The number of benzene rings is 1. The van der Waals surface area contributed by atoms with Gasteiger partial charge in [0.1, 0.15) is 5.56 Å². The fourth-order valence-electron chi connectivity index (χ4n) is 4.14. The second kappa shape index (κ2) is 7.16. The summed E-state index contributed by atoms with van der Waals surface area (Å²) < 4.78 is 1.67. The van der Waals surface area contributed by atoms with Crippen molar-refractivity contribution in [3.8, 4) is 11.1 Å². The van der Waals surface area contributed by atoms with E-state index >= 15 is 0 Å². The highest BCUT2D eigenvalue weighted by atomic mass is 16.2. The second-order valence-electron chi connectivity index (χ2n) is 7.61. The normalized spacial score (nSPS) is 17.0. The first-order chi connectivity index (χ1) is 14.2. The van der Waals surface area contributed by atoms with Crippen molar-refractivity contribution < 1.29 is 4.79 Å². The van der Waals surface area contributed by atoms with Gasteiger partial charge in [-0.05, 0) is 30.9 Å². The quantitative estimate of drug-likeness (QED) is 0.585. The van der Waals surface area contributed by atoms with Gasteiger partial charge in [0.05, 0.1) is 12.4 Å². The predicted octanol–water partition coefficient (Wildman–Crippen LogP) is 3.45. The molecule has 0 unspecified atom stereocenters. The van der Waals surface area contributed by atoms with Gasteiger partial charge in [-0.2, -0.15) is 10.2 Å². The lowest BCUT2D eigenvalue weighted by molar-refractivity contribution is 0.0707. The lowest BCUT2D eigenvalue weighted by Gasteiger charge is -2.32. The van der Waals surface area contributed by atoms with Gasteiger partial charge in [-0.15, -0.1) is 0 Å². The first-order valence-electron chi connectivity index (χ1n) is 9.88. The maximum Gasteiger partial charge on any atom is 0.259 e. The molecule has 1 aromatic carbocycles. The molecule has 1 N–H and O–H groups in total.